The molecule has 0 aromatic heterocycles. The zero-order valence-corrected chi connectivity index (χ0v) is 11.3. The number of carbonyl (C=O) groups is 2. The van der Waals surface area contributed by atoms with Crippen LogP contribution in [0.4, 0.5) is 4.79 Å². The topological polar surface area (TPSA) is 67.4 Å². The van der Waals surface area contributed by atoms with Gasteiger partial charge in [-0.15, -0.1) is 0 Å². The van der Waals surface area contributed by atoms with Crippen molar-refractivity contribution in [3.63, 3.8) is 0 Å². The van der Waals surface area contributed by atoms with Gasteiger partial charge in [-0.1, -0.05) is 13.3 Å². The molecule has 0 heterocycles. The number of hydrogen-bond acceptors (Lipinski definition) is 3. The van der Waals surface area contributed by atoms with E-state index in [1.165, 1.54) is 0 Å². The SMILES string of the molecule is CCCCNC(=O)CCNC(=O)OC(C)(C)C. The molecule has 2 amide bonds. The van der Waals surface area contributed by atoms with E-state index in [1.807, 2.05) is 0 Å². The number of nitrogens with one attached hydrogen (secondary N) is 2. The first-order valence-electron chi connectivity index (χ1n) is 6.08. The number of unbranched alkanes of at least 4 members (excludes halogenated alkanes) is 1. The fourth-order valence-electron chi connectivity index (χ4n) is 1.09. The van der Waals surface area contributed by atoms with E-state index in [-0.39, 0.29) is 12.3 Å². The largest absolute Gasteiger partial charge is 0.444 e. The molecule has 0 aliphatic heterocycles. The second-order valence-corrected chi connectivity index (χ2v) is 4.88. The Balaban J connectivity index is 3.56. The summed E-state index contributed by atoms with van der Waals surface area (Å²) in [5, 5.41) is 5.31. The van der Waals surface area contributed by atoms with E-state index in [1.54, 1.807) is 20.8 Å². The first-order chi connectivity index (χ1) is 7.85. The van der Waals surface area contributed by atoms with Gasteiger partial charge in [0, 0.05) is 19.5 Å². The summed E-state index contributed by atoms with van der Waals surface area (Å²) in [5.74, 6) is -0.0468. The number of amides is 2. The van der Waals surface area contributed by atoms with Gasteiger partial charge < -0.3 is 15.4 Å². The minimum Gasteiger partial charge on any atom is -0.444 e. The van der Waals surface area contributed by atoms with Crippen molar-refractivity contribution in [1.82, 2.24) is 10.6 Å². The highest BCUT2D eigenvalue weighted by atomic mass is 16.6. The Labute approximate surface area is 103 Å². The van der Waals surface area contributed by atoms with E-state index in [0.717, 1.165) is 12.8 Å². The van der Waals surface area contributed by atoms with Gasteiger partial charge >= 0.3 is 6.09 Å². The van der Waals surface area contributed by atoms with Crippen LogP contribution >= 0.6 is 0 Å². The van der Waals surface area contributed by atoms with Crippen molar-refractivity contribution < 1.29 is 14.3 Å². The molecule has 0 aromatic carbocycles. The molecule has 100 valence electrons. The highest BCUT2D eigenvalue weighted by molar-refractivity contribution is 5.76. The molecular weight excluding hydrogens is 220 g/mol. The second-order valence-electron chi connectivity index (χ2n) is 4.88. The molecule has 0 saturated heterocycles. The lowest BCUT2D eigenvalue weighted by Crippen LogP contribution is -2.35. The predicted octanol–water partition coefficient (Wildman–Crippen LogP) is 1.82. The van der Waals surface area contributed by atoms with Gasteiger partial charge in [-0.2, -0.15) is 0 Å². The number of carbonyl (C=O) groups excluding carboxylic acids is 2. The van der Waals surface area contributed by atoms with Gasteiger partial charge in [-0.05, 0) is 27.2 Å². The van der Waals surface area contributed by atoms with Crippen molar-refractivity contribution in [2.45, 2.75) is 52.6 Å². The second kappa shape index (κ2) is 7.92. The van der Waals surface area contributed by atoms with Crippen LogP contribution in [0, 0.1) is 0 Å². The van der Waals surface area contributed by atoms with Crippen LogP contribution in [0.15, 0.2) is 0 Å². The Morgan fingerprint density at radius 3 is 2.29 bits per heavy atom. The molecule has 0 aliphatic carbocycles. The van der Waals surface area contributed by atoms with Crippen LogP contribution in [0.2, 0.25) is 0 Å². The summed E-state index contributed by atoms with van der Waals surface area (Å²) in [6.07, 6.45) is 1.82. The van der Waals surface area contributed by atoms with Crippen LogP contribution < -0.4 is 10.6 Å². The summed E-state index contributed by atoms with van der Waals surface area (Å²) in [6, 6.07) is 0. The fraction of sp³-hybridized carbons (Fsp3) is 0.833. The Hall–Kier alpha value is -1.26. The van der Waals surface area contributed by atoms with Crippen molar-refractivity contribution in [3.8, 4) is 0 Å². The maximum atomic E-state index is 11.3. The molecule has 0 unspecified atom stereocenters. The normalized spacial score (nSPS) is 10.8. The minimum absolute atomic E-state index is 0.0468. The fourth-order valence-corrected chi connectivity index (χ4v) is 1.09. The maximum Gasteiger partial charge on any atom is 0.407 e. The highest BCUT2D eigenvalue weighted by Gasteiger charge is 2.15. The Morgan fingerprint density at radius 2 is 1.76 bits per heavy atom. The van der Waals surface area contributed by atoms with Gasteiger partial charge in [0.15, 0.2) is 0 Å². The smallest absolute Gasteiger partial charge is 0.407 e. The van der Waals surface area contributed by atoms with Crippen LogP contribution in [0.3, 0.4) is 0 Å². The van der Waals surface area contributed by atoms with Crippen LogP contribution in [-0.4, -0.2) is 30.7 Å². The van der Waals surface area contributed by atoms with Gasteiger partial charge in [-0.25, -0.2) is 4.79 Å². The lowest BCUT2D eigenvalue weighted by atomic mass is 10.2. The van der Waals surface area contributed by atoms with Crippen molar-refractivity contribution >= 4 is 12.0 Å². The van der Waals surface area contributed by atoms with Crippen molar-refractivity contribution in [2.24, 2.45) is 0 Å². The van der Waals surface area contributed by atoms with Crippen LogP contribution in [0.5, 0.6) is 0 Å². The molecule has 0 rings (SSSR count). The zero-order valence-electron chi connectivity index (χ0n) is 11.3. The van der Waals surface area contributed by atoms with E-state index in [2.05, 4.69) is 17.6 Å². The van der Waals surface area contributed by atoms with Crippen LogP contribution in [0.1, 0.15) is 47.0 Å². The summed E-state index contributed by atoms with van der Waals surface area (Å²) in [6.45, 7) is 8.45. The molecule has 0 aliphatic rings. The molecule has 0 atom stereocenters. The number of ether oxygens (including phenoxy) is 1. The average molecular weight is 244 g/mol. The summed E-state index contributed by atoms with van der Waals surface area (Å²) < 4.78 is 5.04. The summed E-state index contributed by atoms with van der Waals surface area (Å²) in [4.78, 5) is 22.5. The molecular formula is C12H24N2O3. The molecule has 0 saturated carbocycles. The third-order valence-electron chi connectivity index (χ3n) is 1.87. The van der Waals surface area contributed by atoms with E-state index >= 15 is 0 Å². The first kappa shape index (κ1) is 15.7. The lowest BCUT2D eigenvalue weighted by Gasteiger charge is -2.19. The van der Waals surface area contributed by atoms with E-state index in [4.69, 9.17) is 4.74 Å². The number of alkyl carbamates (subject to hydrolysis) is 1. The molecule has 0 aromatic rings. The molecule has 5 heteroatoms. The van der Waals surface area contributed by atoms with Gasteiger partial charge in [0.25, 0.3) is 0 Å². The molecule has 2 N–H and O–H groups in total. The standard InChI is InChI=1S/C12H24N2O3/c1-5-6-8-13-10(15)7-9-14-11(16)17-12(2,3)4/h5-9H2,1-4H3,(H,13,15)(H,14,16). The zero-order chi connectivity index (χ0) is 13.3. The Bertz CT molecular complexity index is 247. The Morgan fingerprint density at radius 1 is 1.12 bits per heavy atom. The number of hydrogen-bond donors (Lipinski definition) is 2. The lowest BCUT2D eigenvalue weighted by molar-refractivity contribution is -0.120. The molecule has 17 heavy (non-hydrogen) atoms. The van der Waals surface area contributed by atoms with Crippen molar-refractivity contribution in [1.29, 1.82) is 0 Å². The third-order valence-corrected chi connectivity index (χ3v) is 1.87. The van der Waals surface area contributed by atoms with Crippen LogP contribution in [-0.2, 0) is 9.53 Å². The predicted molar refractivity (Wildman–Crippen MR) is 66.8 cm³/mol. The van der Waals surface area contributed by atoms with Crippen LogP contribution in [0.25, 0.3) is 0 Å². The molecule has 0 radical (unpaired) electrons. The van der Waals surface area contributed by atoms with E-state index in [9.17, 15) is 9.59 Å². The summed E-state index contributed by atoms with van der Waals surface area (Å²) in [5.41, 5.74) is -0.506. The van der Waals surface area contributed by atoms with Gasteiger partial charge in [0.05, 0.1) is 0 Å². The van der Waals surface area contributed by atoms with Crippen molar-refractivity contribution in [3.05, 3.63) is 0 Å². The van der Waals surface area contributed by atoms with Crippen molar-refractivity contribution in [2.75, 3.05) is 13.1 Å². The summed E-state index contributed by atoms with van der Waals surface area (Å²) >= 11 is 0. The van der Waals surface area contributed by atoms with Gasteiger partial charge in [0.2, 0.25) is 5.91 Å². The molecule has 0 fully saturated rings. The third kappa shape index (κ3) is 11.0. The molecule has 0 spiro atoms. The quantitative estimate of drug-likeness (QED) is 0.700. The molecule has 5 nitrogen and oxygen atoms in total. The first-order valence-corrected chi connectivity index (χ1v) is 6.08. The van der Waals surface area contributed by atoms with E-state index < -0.39 is 11.7 Å². The molecule has 0 bridgehead atoms. The summed E-state index contributed by atoms with van der Waals surface area (Å²) in [7, 11) is 0. The minimum atomic E-state index is -0.506. The average Bonchev–Trinajstić information content (AvgIpc) is 2.15. The highest BCUT2D eigenvalue weighted by Crippen LogP contribution is 2.06. The van der Waals surface area contributed by atoms with Gasteiger partial charge in [-0.3, -0.25) is 4.79 Å². The van der Waals surface area contributed by atoms with Gasteiger partial charge in [0.1, 0.15) is 5.60 Å². The van der Waals surface area contributed by atoms with E-state index in [0.29, 0.717) is 13.1 Å². The monoisotopic (exact) mass is 244 g/mol. The Kier molecular flexibility index (Phi) is 7.34. The number of rotatable bonds is 6. The maximum absolute atomic E-state index is 11.3.